The number of halogens is 1. The summed E-state index contributed by atoms with van der Waals surface area (Å²) in [5.74, 6) is 1.17. The van der Waals surface area contributed by atoms with Gasteiger partial charge in [0.1, 0.15) is 6.61 Å². The zero-order chi connectivity index (χ0) is 16.2. The molecule has 0 bridgehead atoms. The molecule has 0 aromatic heterocycles. The van der Waals surface area contributed by atoms with Crippen LogP contribution in [0.25, 0.3) is 0 Å². The van der Waals surface area contributed by atoms with Gasteiger partial charge in [-0.25, -0.2) is 0 Å². The molecule has 0 unspecified atom stereocenters. The van der Waals surface area contributed by atoms with Gasteiger partial charge in [0.05, 0.1) is 7.11 Å². The van der Waals surface area contributed by atoms with Crippen LogP contribution in [0.2, 0.25) is 5.02 Å². The van der Waals surface area contributed by atoms with E-state index >= 15 is 0 Å². The quantitative estimate of drug-likeness (QED) is 0.837. The Morgan fingerprint density at radius 1 is 1.17 bits per heavy atom. The van der Waals surface area contributed by atoms with Crippen molar-refractivity contribution in [2.75, 3.05) is 20.2 Å². The number of likely N-dealkylation sites (tertiary alicyclic amines) is 1. The maximum atomic E-state index is 12.2. The Hall–Kier alpha value is -2.20. The summed E-state index contributed by atoms with van der Waals surface area (Å²) in [6.45, 7) is 1.99. The molecule has 5 heteroatoms. The van der Waals surface area contributed by atoms with Crippen molar-refractivity contribution in [2.45, 2.75) is 13.0 Å². The van der Waals surface area contributed by atoms with Crippen molar-refractivity contribution < 1.29 is 14.3 Å². The monoisotopic (exact) mass is 331 g/mol. The third-order valence-corrected chi connectivity index (χ3v) is 4.26. The van der Waals surface area contributed by atoms with Crippen molar-refractivity contribution >= 4 is 17.5 Å². The average molecular weight is 332 g/mol. The summed E-state index contributed by atoms with van der Waals surface area (Å²) in [6.07, 6.45) is 1.07. The van der Waals surface area contributed by atoms with E-state index < -0.39 is 0 Å². The molecular formula is C18H18ClNO3. The van der Waals surface area contributed by atoms with Crippen LogP contribution >= 0.6 is 11.6 Å². The van der Waals surface area contributed by atoms with Crippen LogP contribution in [-0.2, 0) is 6.61 Å². The summed E-state index contributed by atoms with van der Waals surface area (Å²) < 4.78 is 11.2. The first-order valence-corrected chi connectivity index (χ1v) is 7.90. The molecule has 23 heavy (non-hydrogen) atoms. The molecule has 1 aliphatic heterocycles. The van der Waals surface area contributed by atoms with Gasteiger partial charge in [-0.1, -0.05) is 29.8 Å². The number of hydrogen-bond acceptors (Lipinski definition) is 3. The summed E-state index contributed by atoms with van der Waals surface area (Å²) in [6, 6.07) is 12.8. The molecule has 1 saturated heterocycles. The highest BCUT2D eigenvalue weighted by Crippen LogP contribution is 2.30. The fraction of sp³-hybridized carbons (Fsp3) is 0.278. The standard InChI is InChI=1S/C18H18ClNO3/c1-22-17-11-13(18(21)20-9-4-10-20)7-8-16(17)23-12-14-5-2-3-6-15(14)19/h2-3,5-8,11H,4,9-10,12H2,1H3. The summed E-state index contributed by atoms with van der Waals surface area (Å²) >= 11 is 6.13. The summed E-state index contributed by atoms with van der Waals surface area (Å²) in [5.41, 5.74) is 1.52. The molecule has 1 fully saturated rings. The highest BCUT2D eigenvalue weighted by molar-refractivity contribution is 6.31. The predicted octanol–water partition coefficient (Wildman–Crippen LogP) is 3.77. The van der Waals surface area contributed by atoms with Crippen LogP contribution in [0.5, 0.6) is 11.5 Å². The number of hydrogen-bond donors (Lipinski definition) is 0. The van der Waals surface area contributed by atoms with E-state index in [1.807, 2.05) is 29.2 Å². The molecule has 2 aromatic carbocycles. The highest BCUT2D eigenvalue weighted by atomic mass is 35.5. The second-order valence-electron chi connectivity index (χ2n) is 5.39. The van der Waals surface area contributed by atoms with E-state index in [-0.39, 0.29) is 5.91 Å². The van der Waals surface area contributed by atoms with E-state index in [4.69, 9.17) is 21.1 Å². The molecule has 120 valence electrons. The Balaban J connectivity index is 1.74. The van der Waals surface area contributed by atoms with Gasteiger partial charge in [-0.15, -0.1) is 0 Å². The lowest BCUT2D eigenvalue weighted by Crippen LogP contribution is -2.41. The number of ether oxygens (including phenoxy) is 2. The summed E-state index contributed by atoms with van der Waals surface area (Å²) in [7, 11) is 1.57. The molecule has 1 amide bonds. The van der Waals surface area contributed by atoms with Crippen LogP contribution in [0.4, 0.5) is 0 Å². The summed E-state index contributed by atoms with van der Waals surface area (Å²) in [5, 5.41) is 0.663. The van der Waals surface area contributed by atoms with Gasteiger partial charge in [0.25, 0.3) is 5.91 Å². The Labute approximate surface area is 140 Å². The predicted molar refractivity (Wildman–Crippen MR) is 89.3 cm³/mol. The van der Waals surface area contributed by atoms with Crippen molar-refractivity contribution in [3.8, 4) is 11.5 Å². The number of rotatable bonds is 5. The van der Waals surface area contributed by atoms with Gasteiger partial charge in [0, 0.05) is 29.2 Å². The van der Waals surface area contributed by atoms with Crippen molar-refractivity contribution in [1.29, 1.82) is 0 Å². The normalized spacial score (nSPS) is 13.4. The van der Waals surface area contributed by atoms with E-state index in [1.54, 1.807) is 25.3 Å². The average Bonchev–Trinajstić information content (AvgIpc) is 2.52. The number of benzene rings is 2. The molecule has 0 spiro atoms. The van der Waals surface area contributed by atoms with Crippen LogP contribution in [-0.4, -0.2) is 31.0 Å². The molecule has 4 nitrogen and oxygen atoms in total. The second-order valence-corrected chi connectivity index (χ2v) is 5.80. The third-order valence-electron chi connectivity index (χ3n) is 3.89. The fourth-order valence-electron chi connectivity index (χ4n) is 2.39. The Bertz CT molecular complexity index is 713. The molecule has 0 aliphatic carbocycles. The molecule has 3 rings (SSSR count). The van der Waals surface area contributed by atoms with Crippen molar-refractivity contribution in [3.05, 3.63) is 58.6 Å². The number of carbonyl (C=O) groups is 1. The number of methoxy groups -OCH3 is 1. The fourth-order valence-corrected chi connectivity index (χ4v) is 2.58. The third kappa shape index (κ3) is 3.42. The SMILES string of the molecule is COc1cc(C(=O)N2CCC2)ccc1OCc1ccccc1Cl. The molecular weight excluding hydrogens is 314 g/mol. The zero-order valence-corrected chi connectivity index (χ0v) is 13.7. The van der Waals surface area contributed by atoms with Gasteiger partial charge in [-0.3, -0.25) is 4.79 Å². The minimum atomic E-state index is 0.0344. The lowest BCUT2D eigenvalue weighted by molar-refractivity contribution is 0.0651. The second kappa shape index (κ2) is 6.92. The Morgan fingerprint density at radius 3 is 2.61 bits per heavy atom. The zero-order valence-electron chi connectivity index (χ0n) is 12.9. The van der Waals surface area contributed by atoms with Crippen LogP contribution in [0, 0.1) is 0 Å². The number of carbonyl (C=O) groups excluding carboxylic acids is 1. The lowest BCUT2D eigenvalue weighted by Gasteiger charge is -2.31. The Morgan fingerprint density at radius 2 is 1.96 bits per heavy atom. The van der Waals surface area contributed by atoms with Crippen LogP contribution in [0.3, 0.4) is 0 Å². The topological polar surface area (TPSA) is 38.8 Å². The first kappa shape index (κ1) is 15.7. The van der Waals surface area contributed by atoms with E-state index in [9.17, 15) is 4.79 Å². The van der Waals surface area contributed by atoms with Crippen LogP contribution < -0.4 is 9.47 Å². The molecule has 1 aliphatic rings. The van der Waals surface area contributed by atoms with Crippen LogP contribution in [0.1, 0.15) is 22.3 Å². The van der Waals surface area contributed by atoms with E-state index in [1.165, 1.54) is 0 Å². The lowest BCUT2D eigenvalue weighted by atomic mass is 10.1. The Kier molecular flexibility index (Phi) is 4.72. The van der Waals surface area contributed by atoms with Gasteiger partial charge in [-0.2, -0.15) is 0 Å². The smallest absolute Gasteiger partial charge is 0.253 e. The first-order chi connectivity index (χ1) is 11.2. The molecule has 0 saturated carbocycles. The minimum Gasteiger partial charge on any atom is -0.493 e. The van der Waals surface area contributed by atoms with Crippen molar-refractivity contribution in [3.63, 3.8) is 0 Å². The number of amides is 1. The largest absolute Gasteiger partial charge is 0.493 e. The van der Waals surface area contributed by atoms with Gasteiger partial charge < -0.3 is 14.4 Å². The molecule has 1 heterocycles. The molecule has 2 aromatic rings. The van der Waals surface area contributed by atoms with Gasteiger partial charge in [-0.05, 0) is 30.7 Å². The summed E-state index contributed by atoms with van der Waals surface area (Å²) in [4.78, 5) is 14.1. The molecule has 0 N–H and O–H groups in total. The van der Waals surface area contributed by atoms with Crippen molar-refractivity contribution in [2.24, 2.45) is 0 Å². The van der Waals surface area contributed by atoms with Crippen molar-refractivity contribution in [1.82, 2.24) is 4.90 Å². The van der Waals surface area contributed by atoms with Gasteiger partial charge in [0.2, 0.25) is 0 Å². The van der Waals surface area contributed by atoms with E-state index in [0.29, 0.717) is 28.7 Å². The minimum absolute atomic E-state index is 0.0344. The van der Waals surface area contributed by atoms with E-state index in [2.05, 4.69) is 0 Å². The molecule has 0 atom stereocenters. The van der Waals surface area contributed by atoms with Gasteiger partial charge in [0.15, 0.2) is 11.5 Å². The maximum absolute atomic E-state index is 12.2. The van der Waals surface area contributed by atoms with E-state index in [0.717, 1.165) is 25.1 Å². The van der Waals surface area contributed by atoms with Crippen LogP contribution in [0.15, 0.2) is 42.5 Å². The van der Waals surface area contributed by atoms with Gasteiger partial charge >= 0.3 is 0 Å². The number of nitrogens with zero attached hydrogens (tertiary/aromatic N) is 1. The first-order valence-electron chi connectivity index (χ1n) is 7.52. The maximum Gasteiger partial charge on any atom is 0.253 e. The molecule has 0 radical (unpaired) electrons. The highest BCUT2D eigenvalue weighted by Gasteiger charge is 2.22.